The van der Waals surface area contributed by atoms with Crippen molar-refractivity contribution >= 4 is 11.8 Å². The molecule has 0 bridgehead atoms. The van der Waals surface area contributed by atoms with Crippen molar-refractivity contribution in [1.82, 2.24) is 10.2 Å². The number of nitrogens with one attached hydrogen (secondary N) is 1. The van der Waals surface area contributed by atoms with Gasteiger partial charge in [-0.3, -0.25) is 14.5 Å². The number of hydrogen-bond donors (Lipinski definition) is 1. The molecule has 1 unspecified atom stereocenters. The maximum Gasteiger partial charge on any atom is 0.245 e. The number of rotatable bonds is 4. The third-order valence-corrected chi connectivity index (χ3v) is 4.91. The molecule has 1 heterocycles. The van der Waals surface area contributed by atoms with Gasteiger partial charge in [-0.05, 0) is 44.9 Å². The predicted octanol–water partition coefficient (Wildman–Crippen LogP) is 1.81. The Balaban J connectivity index is 1.79. The monoisotopic (exact) mass is 294 g/mol. The molecule has 1 N–H and O–H groups in total. The molecule has 2 amide bonds. The van der Waals surface area contributed by atoms with Crippen molar-refractivity contribution in [1.29, 1.82) is 0 Å². The topological polar surface area (TPSA) is 58.6 Å². The Morgan fingerprint density at radius 2 is 1.95 bits per heavy atom. The lowest BCUT2D eigenvalue weighted by atomic mass is 9.90. The van der Waals surface area contributed by atoms with Crippen molar-refractivity contribution < 1.29 is 14.3 Å². The maximum absolute atomic E-state index is 12.7. The molecule has 3 rings (SSSR count). The van der Waals surface area contributed by atoms with Crippen LogP contribution in [-0.2, 0) is 14.3 Å². The highest BCUT2D eigenvalue weighted by Crippen LogP contribution is 2.44. The van der Waals surface area contributed by atoms with Crippen molar-refractivity contribution in [3.8, 4) is 0 Å². The van der Waals surface area contributed by atoms with Crippen LogP contribution in [0.1, 0.15) is 58.3 Å². The number of carbonyl (C=O) groups excluding carboxylic acids is 2. The predicted molar refractivity (Wildman–Crippen MR) is 78.4 cm³/mol. The fourth-order valence-corrected chi connectivity index (χ4v) is 3.59. The van der Waals surface area contributed by atoms with Crippen LogP contribution in [0.2, 0.25) is 0 Å². The zero-order valence-electron chi connectivity index (χ0n) is 12.9. The van der Waals surface area contributed by atoms with Gasteiger partial charge in [-0.2, -0.15) is 0 Å². The fourth-order valence-electron chi connectivity index (χ4n) is 3.59. The second-order valence-corrected chi connectivity index (χ2v) is 6.61. The number of hydrogen-bond acceptors (Lipinski definition) is 3. The highest BCUT2D eigenvalue weighted by Gasteiger charge is 2.54. The third-order valence-electron chi connectivity index (χ3n) is 4.91. The Morgan fingerprint density at radius 1 is 1.24 bits per heavy atom. The lowest BCUT2D eigenvalue weighted by Crippen LogP contribution is -2.57. The molecule has 0 aromatic carbocycles. The Labute approximate surface area is 126 Å². The molecule has 3 fully saturated rings. The van der Waals surface area contributed by atoms with Gasteiger partial charge in [0, 0.05) is 12.5 Å². The first kappa shape index (κ1) is 14.8. The van der Waals surface area contributed by atoms with E-state index in [1.54, 1.807) is 0 Å². The second-order valence-electron chi connectivity index (χ2n) is 6.61. The van der Waals surface area contributed by atoms with E-state index < -0.39 is 11.8 Å². The van der Waals surface area contributed by atoms with Crippen LogP contribution in [0.5, 0.6) is 0 Å². The van der Waals surface area contributed by atoms with Crippen molar-refractivity contribution in [2.24, 2.45) is 5.92 Å². The Morgan fingerprint density at radius 3 is 2.57 bits per heavy atom. The van der Waals surface area contributed by atoms with Gasteiger partial charge in [0.2, 0.25) is 11.8 Å². The molecule has 2 saturated carbocycles. The van der Waals surface area contributed by atoms with Crippen LogP contribution in [0.15, 0.2) is 0 Å². The van der Waals surface area contributed by atoms with Crippen LogP contribution in [0.4, 0.5) is 0 Å². The van der Waals surface area contributed by atoms with Gasteiger partial charge in [0.05, 0.1) is 6.61 Å². The summed E-state index contributed by atoms with van der Waals surface area (Å²) in [5.41, 5.74) is -0.494. The van der Waals surface area contributed by atoms with Gasteiger partial charge >= 0.3 is 0 Å². The van der Waals surface area contributed by atoms with Crippen LogP contribution in [0.3, 0.4) is 0 Å². The van der Waals surface area contributed by atoms with Gasteiger partial charge in [-0.15, -0.1) is 0 Å². The maximum atomic E-state index is 12.7. The molecule has 1 spiro atoms. The van der Waals surface area contributed by atoms with E-state index in [0.29, 0.717) is 13.2 Å². The number of ether oxygens (including phenoxy) is 1. The quantitative estimate of drug-likeness (QED) is 0.860. The average molecular weight is 294 g/mol. The normalized spacial score (nSPS) is 27.9. The Hall–Kier alpha value is -1.10. The summed E-state index contributed by atoms with van der Waals surface area (Å²) in [6, 6.07) is -0.428. The molecule has 5 heteroatoms. The molecule has 2 aliphatic carbocycles. The minimum absolute atomic E-state index is 0.0479. The van der Waals surface area contributed by atoms with Crippen LogP contribution in [0, 0.1) is 5.92 Å². The van der Waals surface area contributed by atoms with Crippen molar-refractivity contribution in [3.05, 3.63) is 0 Å². The van der Waals surface area contributed by atoms with Crippen LogP contribution >= 0.6 is 0 Å². The molecule has 1 saturated heterocycles. The van der Waals surface area contributed by atoms with Crippen LogP contribution < -0.4 is 5.32 Å². The molecule has 0 aromatic heterocycles. The average Bonchev–Trinajstić information content (AvgIpc) is 3.29. The summed E-state index contributed by atoms with van der Waals surface area (Å²) in [6.07, 6.45) is 7.95. The zero-order valence-corrected chi connectivity index (χ0v) is 12.9. The van der Waals surface area contributed by atoms with Gasteiger partial charge in [0.25, 0.3) is 0 Å². The number of nitrogens with zero attached hydrogens (tertiary/aromatic N) is 1. The van der Waals surface area contributed by atoms with E-state index in [0.717, 1.165) is 44.9 Å². The summed E-state index contributed by atoms with van der Waals surface area (Å²) in [7, 11) is 0. The molecule has 1 atom stereocenters. The third kappa shape index (κ3) is 2.80. The van der Waals surface area contributed by atoms with Crippen molar-refractivity contribution in [2.75, 3.05) is 13.2 Å². The minimum atomic E-state index is -0.494. The first-order chi connectivity index (χ1) is 10.2. The van der Waals surface area contributed by atoms with E-state index in [1.807, 2.05) is 11.8 Å². The number of amides is 2. The largest absolute Gasteiger partial charge is 0.354 e. The molecule has 0 aromatic rings. The lowest BCUT2D eigenvalue weighted by molar-refractivity contribution is -0.161. The van der Waals surface area contributed by atoms with Crippen LogP contribution in [-0.4, -0.2) is 41.6 Å². The minimum Gasteiger partial charge on any atom is -0.354 e. The smallest absolute Gasteiger partial charge is 0.245 e. The van der Waals surface area contributed by atoms with Crippen molar-refractivity contribution in [3.63, 3.8) is 0 Å². The number of carbonyl (C=O) groups is 2. The molecular weight excluding hydrogens is 268 g/mol. The molecule has 5 nitrogen and oxygen atoms in total. The standard InChI is InChI=1S/C16H26N2O3/c1-2-10-17-14(19)13-11-21-16(8-4-3-5-9-16)18(13)15(20)12-6-7-12/h12-13H,2-11H2,1H3,(H,17,19). The lowest BCUT2D eigenvalue weighted by Gasteiger charge is -2.41. The Kier molecular flexibility index (Phi) is 4.20. The van der Waals surface area contributed by atoms with Crippen LogP contribution in [0.25, 0.3) is 0 Å². The highest BCUT2D eigenvalue weighted by molar-refractivity contribution is 5.90. The summed E-state index contributed by atoms with van der Waals surface area (Å²) in [6.45, 7) is 3.04. The van der Waals surface area contributed by atoms with E-state index >= 15 is 0 Å². The summed E-state index contributed by atoms with van der Waals surface area (Å²) in [5.74, 6) is 0.228. The highest BCUT2D eigenvalue weighted by atomic mass is 16.5. The summed E-state index contributed by atoms with van der Waals surface area (Å²) >= 11 is 0. The first-order valence-electron chi connectivity index (χ1n) is 8.43. The second kappa shape index (κ2) is 5.95. The molecular formula is C16H26N2O3. The SMILES string of the molecule is CCCNC(=O)C1COC2(CCCCC2)N1C(=O)C1CC1. The molecule has 118 valence electrons. The van der Waals surface area contributed by atoms with Crippen molar-refractivity contribution in [2.45, 2.75) is 70.1 Å². The van der Waals surface area contributed by atoms with E-state index in [9.17, 15) is 9.59 Å². The first-order valence-corrected chi connectivity index (χ1v) is 8.43. The van der Waals surface area contributed by atoms with Gasteiger partial charge in [0.1, 0.15) is 11.8 Å². The summed E-state index contributed by atoms with van der Waals surface area (Å²) in [5, 5.41) is 2.93. The van der Waals surface area contributed by atoms with Gasteiger partial charge < -0.3 is 10.1 Å². The molecule has 3 aliphatic rings. The van der Waals surface area contributed by atoms with Gasteiger partial charge in [-0.1, -0.05) is 13.3 Å². The molecule has 0 radical (unpaired) electrons. The van der Waals surface area contributed by atoms with Gasteiger partial charge in [0.15, 0.2) is 0 Å². The summed E-state index contributed by atoms with van der Waals surface area (Å²) in [4.78, 5) is 27.0. The van der Waals surface area contributed by atoms with E-state index in [2.05, 4.69) is 5.32 Å². The summed E-state index contributed by atoms with van der Waals surface area (Å²) < 4.78 is 6.05. The molecule has 21 heavy (non-hydrogen) atoms. The van der Waals surface area contributed by atoms with E-state index in [4.69, 9.17) is 4.74 Å². The van der Waals surface area contributed by atoms with E-state index in [1.165, 1.54) is 6.42 Å². The zero-order chi connectivity index (χ0) is 14.9. The van der Waals surface area contributed by atoms with E-state index in [-0.39, 0.29) is 17.7 Å². The Bertz CT molecular complexity index is 414. The fraction of sp³-hybridized carbons (Fsp3) is 0.875. The molecule has 1 aliphatic heterocycles. The van der Waals surface area contributed by atoms with Gasteiger partial charge in [-0.25, -0.2) is 0 Å².